The predicted molar refractivity (Wildman–Crippen MR) is 72.6 cm³/mol. The quantitative estimate of drug-likeness (QED) is 0.443. The fourth-order valence-corrected chi connectivity index (χ4v) is 1.56. The van der Waals surface area contributed by atoms with Gasteiger partial charge in [-0.3, -0.25) is 10.1 Å². The number of carbonyl (C=O) groups excluding carboxylic acids is 1. The van der Waals surface area contributed by atoms with Gasteiger partial charge >= 0.3 is 5.97 Å². The Kier molecular flexibility index (Phi) is 6.45. The van der Waals surface area contributed by atoms with Gasteiger partial charge in [-0.2, -0.15) is 0 Å². The van der Waals surface area contributed by atoms with Crippen LogP contribution in [0.5, 0.6) is 5.75 Å². The van der Waals surface area contributed by atoms with E-state index in [-0.39, 0.29) is 18.9 Å². The van der Waals surface area contributed by atoms with E-state index in [2.05, 4.69) is 5.32 Å². The lowest BCUT2D eigenvalue weighted by Crippen LogP contribution is -2.17. The lowest BCUT2D eigenvalue weighted by atomic mass is 10.1. The van der Waals surface area contributed by atoms with Crippen LogP contribution in [-0.4, -0.2) is 30.7 Å². The molecule has 7 nitrogen and oxygen atoms in total. The van der Waals surface area contributed by atoms with Crippen molar-refractivity contribution in [3.63, 3.8) is 0 Å². The van der Waals surface area contributed by atoms with Crippen LogP contribution in [0.4, 0.5) is 5.69 Å². The van der Waals surface area contributed by atoms with Crippen molar-refractivity contribution in [2.24, 2.45) is 0 Å². The number of ether oxygens (including phenoxy) is 2. The third-order valence-corrected chi connectivity index (χ3v) is 2.47. The number of hydrogen-bond donors (Lipinski definition) is 1. The summed E-state index contributed by atoms with van der Waals surface area (Å²) in [5.41, 5.74) is 0.617. The van der Waals surface area contributed by atoms with E-state index in [1.807, 2.05) is 6.92 Å². The third-order valence-electron chi connectivity index (χ3n) is 2.47. The van der Waals surface area contributed by atoms with Gasteiger partial charge in [0.1, 0.15) is 5.75 Å². The molecular weight excluding hydrogens is 264 g/mol. The first-order chi connectivity index (χ1) is 9.58. The zero-order valence-electron chi connectivity index (χ0n) is 11.5. The van der Waals surface area contributed by atoms with E-state index in [1.54, 1.807) is 6.92 Å². The first-order valence-corrected chi connectivity index (χ1v) is 6.34. The van der Waals surface area contributed by atoms with Crippen molar-refractivity contribution in [2.75, 3.05) is 19.8 Å². The van der Waals surface area contributed by atoms with Crippen LogP contribution in [-0.2, 0) is 16.1 Å². The number of nitrogens with zero attached hydrogens (tertiary/aromatic N) is 1. The van der Waals surface area contributed by atoms with E-state index in [1.165, 1.54) is 18.2 Å². The Morgan fingerprint density at radius 1 is 1.40 bits per heavy atom. The number of nitrogens with one attached hydrogen (secondary N) is 1. The van der Waals surface area contributed by atoms with Gasteiger partial charge in [0.15, 0.2) is 6.61 Å². The minimum absolute atomic E-state index is 0.0126. The molecule has 0 aliphatic carbocycles. The Morgan fingerprint density at radius 3 is 2.75 bits per heavy atom. The average Bonchev–Trinajstić information content (AvgIpc) is 2.43. The number of benzene rings is 1. The second kappa shape index (κ2) is 8.11. The molecule has 0 fully saturated rings. The molecule has 0 aliphatic heterocycles. The first-order valence-electron chi connectivity index (χ1n) is 6.34. The zero-order valence-corrected chi connectivity index (χ0v) is 11.5. The molecule has 0 amide bonds. The number of carbonyl (C=O) groups is 1. The van der Waals surface area contributed by atoms with Crippen LogP contribution < -0.4 is 10.1 Å². The van der Waals surface area contributed by atoms with E-state index in [4.69, 9.17) is 9.47 Å². The molecule has 0 heterocycles. The molecule has 0 unspecified atom stereocenters. The maximum atomic E-state index is 11.2. The first kappa shape index (κ1) is 15.9. The summed E-state index contributed by atoms with van der Waals surface area (Å²) in [4.78, 5) is 21.5. The van der Waals surface area contributed by atoms with Gasteiger partial charge < -0.3 is 14.8 Å². The van der Waals surface area contributed by atoms with Gasteiger partial charge in [0.2, 0.25) is 0 Å². The van der Waals surface area contributed by atoms with Crippen LogP contribution in [0.25, 0.3) is 0 Å². The lowest BCUT2D eigenvalue weighted by molar-refractivity contribution is -0.384. The number of non-ortho nitro benzene ring substituents is 1. The van der Waals surface area contributed by atoms with Gasteiger partial charge in [0.25, 0.3) is 5.69 Å². The summed E-state index contributed by atoms with van der Waals surface area (Å²) in [6, 6.07) is 4.27. The molecule has 0 saturated carbocycles. The Labute approximate surface area is 117 Å². The topological polar surface area (TPSA) is 90.7 Å². The van der Waals surface area contributed by atoms with E-state index in [0.717, 1.165) is 6.54 Å². The van der Waals surface area contributed by atoms with E-state index in [9.17, 15) is 14.9 Å². The normalized spacial score (nSPS) is 10.1. The Morgan fingerprint density at radius 2 is 2.15 bits per heavy atom. The van der Waals surface area contributed by atoms with Crippen molar-refractivity contribution >= 4 is 11.7 Å². The molecule has 1 rings (SSSR count). The van der Waals surface area contributed by atoms with E-state index < -0.39 is 10.9 Å². The zero-order chi connectivity index (χ0) is 15.0. The van der Waals surface area contributed by atoms with Crippen molar-refractivity contribution in [3.05, 3.63) is 33.9 Å². The van der Waals surface area contributed by atoms with Crippen LogP contribution in [0.15, 0.2) is 18.2 Å². The maximum Gasteiger partial charge on any atom is 0.344 e. The summed E-state index contributed by atoms with van der Waals surface area (Å²) in [5.74, 6) is -0.0372. The Balaban J connectivity index is 2.81. The molecule has 0 bridgehead atoms. The molecule has 20 heavy (non-hydrogen) atoms. The minimum Gasteiger partial charge on any atom is -0.482 e. The van der Waals surface area contributed by atoms with Crippen molar-refractivity contribution < 1.29 is 19.2 Å². The number of nitro groups is 1. The fraction of sp³-hybridized carbons (Fsp3) is 0.462. The molecule has 0 spiro atoms. The maximum absolute atomic E-state index is 11.2. The molecular formula is C13H18N2O5. The third kappa shape index (κ3) is 4.85. The van der Waals surface area contributed by atoms with Gasteiger partial charge in [-0.15, -0.1) is 0 Å². The van der Waals surface area contributed by atoms with Crippen molar-refractivity contribution in [2.45, 2.75) is 20.4 Å². The van der Waals surface area contributed by atoms with Crippen molar-refractivity contribution in [1.29, 1.82) is 0 Å². The molecule has 0 saturated heterocycles. The van der Waals surface area contributed by atoms with Crippen molar-refractivity contribution in [1.82, 2.24) is 5.32 Å². The lowest BCUT2D eigenvalue weighted by Gasteiger charge is -2.11. The van der Waals surface area contributed by atoms with Crippen LogP contribution >= 0.6 is 0 Å². The summed E-state index contributed by atoms with van der Waals surface area (Å²) < 4.78 is 10.1. The molecule has 0 aliphatic rings. The second-order valence-electron chi connectivity index (χ2n) is 3.92. The number of nitro benzene ring substituents is 1. The van der Waals surface area contributed by atoms with Crippen LogP contribution in [0.1, 0.15) is 19.4 Å². The predicted octanol–water partition coefficient (Wildman–Crippen LogP) is 1.65. The van der Waals surface area contributed by atoms with Crippen LogP contribution in [0, 0.1) is 10.1 Å². The molecule has 110 valence electrons. The van der Waals surface area contributed by atoms with Gasteiger partial charge in [-0.1, -0.05) is 6.92 Å². The average molecular weight is 282 g/mol. The number of hydrogen-bond acceptors (Lipinski definition) is 6. The van der Waals surface area contributed by atoms with Gasteiger partial charge in [0.05, 0.1) is 11.5 Å². The largest absolute Gasteiger partial charge is 0.482 e. The molecule has 0 atom stereocenters. The molecule has 1 aromatic carbocycles. The van der Waals surface area contributed by atoms with Gasteiger partial charge in [0, 0.05) is 24.2 Å². The molecule has 1 N–H and O–H groups in total. The molecule has 0 radical (unpaired) electrons. The summed E-state index contributed by atoms with van der Waals surface area (Å²) in [5, 5.41) is 13.8. The summed E-state index contributed by atoms with van der Waals surface area (Å²) in [6.07, 6.45) is 0. The van der Waals surface area contributed by atoms with Crippen LogP contribution in [0.2, 0.25) is 0 Å². The van der Waals surface area contributed by atoms with E-state index >= 15 is 0 Å². The molecule has 0 aromatic heterocycles. The monoisotopic (exact) mass is 282 g/mol. The minimum atomic E-state index is -0.472. The van der Waals surface area contributed by atoms with Gasteiger partial charge in [-0.05, 0) is 19.5 Å². The fourth-order valence-electron chi connectivity index (χ4n) is 1.56. The SMILES string of the molecule is CCNCc1cc([N+](=O)[O-])ccc1OCC(=O)OCC. The highest BCUT2D eigenvalue weighted by atomic mass is 16.6. The second-order valence-corrected chi connectivity index (χ2v) is 3.92. The Bertz CT molecular complexity index is 476. The highest BCUT2D eigenvalue weighted by molar-refractivity contribution is 5.71. The highest BCUT2D eigenvalue weighted by Gasteiger charge is 2.13. The van der Waals surface area contributed by atoms with Crippen molar-refractivity contribution in [3.8, 4) is 5.75 Å². The van der Waals surface area contributed by atoms with E-state index in [0.29, 0.717) is 17.9 Å². The highest BCUT2D eigenvalue weighted by Crippen LogP contribution is 2.24. The molecule has 1 aromatic rings. The summed E-state index contributed by atoms with van der Waals surface area (Å²) in [7, 11) is 0. The smallest absolute Gasteiger partial charge is 0.344 e. The van der Waals surface area contributed by atoms with Gasteiger partial charge in [-0.25, -0.2) is 4.79 Å². The number of rotatable bonds is 8. The standard InChI is InChI=1S/C13H18N2O5/c1-3-14-8-10-7-11(15(17)18)5-6-12(10)20-9-13(16)19-4-2/h5-7,14H,3-4,8-9H2,1-2H3. The Hall–Kier alpha value is -2.15. The summed E-state index contributed by atoms with van der Waals surface area (Å²) >= 11 is 0. The number of esters is 1. The molecule has 7 heteroatoms. The van der Waals surface area contributed by atoms with Crippen LogP contribution in [0.3, 0.4) is 0 Å². The summed E-state index contributed by atoms with van der Waals surface area (Å²) in [6.45, 7) is 4.85.